The molecular weight excluding hydrogens is 226 g/mol. The smallest absolute Gasteiger partial charge is 0.267 e. The van der Waals surface area contributed by atoms with E-state index in [9.17, 15) is 4.79 Å². The minimum Gasteiger partial charge on any atom is -0.357 e. The Morgan fingerprint density at radius 3 is 3.00 bits per heavy atom. The number of amides is 1. The van der Waals surface area contributed by atoms with E-state index in [1.165, 1.54) is 0 Å². The number of piperidine rings is 1. The first kappa shape index (κ1) is 13.1. The molecule has 2 heterocycles. The summed E-state index contributed by atoms with van der Waals surface area (Å²) in [5.74, 6) is -0.000833. The van der Waals surface area contributed by atoms with Crippen LogP contribution in [0.3, 0.4) is 0 Å². The highest BCUT2D eigenvalue weighted by Crippen LogP contribution is 2.08. The molecule has 2 unspecified atom stereocenters. The van der Waals surface area contributed by atoms with E-state index in [4.69, 9.17) is 0 Å². The third kappa shape index (κ3) is 3.25. The summed E-state index contributed by atoms with van der Waals surface area (Å²) in [4.78, 5) is 14.6. The Bertz CT molecular complexity index is 326. The Morgan fingerprint density at radius 1 is 1.56 bits per heavy atom. The molecule has 0 spiro atoms. The zero-order valence-electron chi connectivity index (χ0n) is 9.32. The van der Waals surface area contributed by atoms with Crippen LogP contribution in [0.2, 0.25) is 0 Å². The zero-order valence-corrected chi connectivity index (χ0v) is 10.1. The highest BCUT2D eigenvalue weighted by atomic mass is 35.5. The third-order valence-electron chi connectivity index (χ3n) is 2.80. The van der Waals surface area contributed by atoms with Crippen LogP contribution in [0.4, 0.5) is 0 Å². The van der Waals surface area contributed by atoms with Crippen molar-refractivity contribution in [1.82, 2.24) is 15.6 Å². The van der Waals surface area contributed by atoms with Crippen LogP contribution in [0.15, 0.2) is 18.3 Å². The fourth-order valence-corrected chi connectivity index (χ4v) is 2.00. The maximum absolute atomic E-state index is 11.7. The van der Waals surface area contributed by atoms with Gasteiger partial charge in [-0.2, -0.15) is 0 Å². The molecule has 5 heteroatoms. The van der Waals surface area contributed by atoms with Crippen molar-refractivity contribution in [3.63, 3.8) is 0 Å². The Hall–Kier alpha value is -1.00. The maximum Gasteiger partial charge on any atom is 0.267 e. The van der Waals surface area contributed by atoms with E-state index >= 15 is 0 Å². The Kier molecular flexibility index (Phi) is 4.83. The second-order valence-electron chi connectivity index (χ2n) is 4.13. The molecule has 2 atom stereocenters. The van der Waals surface area contributed by atoms with Crippen LogP contribution < -0.4 is 10.6 Å². The summed E-state index contributed by atoms with van der Waals surface area (Å²) in [6, 6.07) is 4.42. The van der Waals surface area contributed by atoms with Crippen molar-refractivity contribution >= 4 is 18.3 Å². The van der Waals surface area contributed by atoms with Crippen LogP contribution in [0.1, 0.15) is 30.3 Å². The predicted molar refractivity (Wildman–Crippen MR) is 66.0 cm³/mol. The van der Waals surface area contributed by atoms with Crippen molar-refractivity contribution in [2.45, 2.75) is 31.8 Å². The number of carbonyl (C=O) groups excluding carboxylic acids is 1. The van der Waals surface area contributed by atoms with Crippen LogP contribution in [-0.2, 0) is 0 Å². The van der Waals surface area contributed by atoms with Crippen molar-refractivity contribution in [3.8, 4) is 0 Å². The molecule has 4 nitrogen and oxygen atoms in total. The lowest BCUT2D eigenvalue weighted by Gasteiger charge is -2.28. The van der Waals surface area contributed by atoms with E-state index in [1.54, 1.807) is 12.3 Å². The van der Waals surface area contributed by atoms with Gasteiger partial charge in [0.15, 0.2) is 0 Å². The molecule has 16 heavy (non-hydrogen) atoms. The lowest BCUT2D eigenvalue weighted by molar-refractivity contribution is 0.0921. The fourth-order valence-electron chi connectivity index (χ4n) is 2.00. The lowest BCUT2D eigenvalue weighted by Crippen LogP contribution is -2.46. The van der Waals surface area contributed by atoms with Crippen molar-refractivity contribution < 1.29 is 4.79 Å². The van der Waals surface area contributed by atoms with Gasteiger partial charge in [0.05, 0.1) is 0 Å². The predicted octanol–water partition coefficient (Wildman–Crippen LogP) is 1.31. The van der Waals surface area contributed by atoms with E-state index < -0.39 is 0 Å². The summed E-state index contributed by atoms with van der Waals surface area (Å²) in [5.41, 5.74) is 0.640. The Morgan fingerprint density at radius 2 is 2.38 bits per heavy atom. The van der Waals surface area contributed by atoms with Crippen molar-refractivity contribution in [2.75, 3.05) is 6.54 Å². The normalized spacial score (nSPS) is 24.6. The van der Waals surface area contributed by atoms with Gasteiger partial charge < -0.3 is 15.6 Å². The van der Waals surface area contributed by atoms with Crippen molar-refractivity contribution in [1.29, 1.82) is 0 Å². The van der Waals surface area contributed by atoms with Crippen LogP contribution in [0.5, 0.6) is 0 Å². The SMILES string of the molecule is CC1CC(NC(=O)c2ccc[nH]2)CCN1.Cl. The fraction of sp³-hybridized carbons (Fsp3) is 0.545. The average Bonchev–Trinajstić information content (AvgIpc) is 2.70. The van der Waals surface area contributed by atoms with Gasteiger partial charge in [0.2, 0.25) is 0 Å². The van der Waals surface area contributed by atoms with Gasteiger partial charge >= 0.3 is 0 Å². The highest BCUT2D eigenvalue weighted by molar-refractivity contribution is 5.92. The van der Waals surface area contributed by atoms with Crippen LogP contribution in [0, 0.1) is 0 Å². The quantitative estimate of drug-likeness (QED) is 0.734. The second kappa shape index (κ2) is 5.92. The maximum atomic E-state index is 11.7. The molecule has 1 aliphatic heterocycles. The van der Waals surface area contributed by atoms with Gasteiger partial charge in [0, 0.05) is 18.3 Å². The molecule has 1 saturated heterocycles. The minimum absolute atomic E-state index is 0. The molecule has 2 rings (SSSR count). The molecule has 90 valence electrons. The molecular formula is C11H18ClN3O. The number of aromatic nitrogens is 1. The standard InChI is InChI=1S/C11H17N3O.ClH/c1-8-7-9(4-6-12-8)14-11(15)10-3-2-5-13-10;/h2-3,5,8-9,12-13H,4,6-7H2,1H3,(H,14,15);1H. The lowest BCUT2D eigenvalue weighted by atomic mass is 10.0. The van der Waals surface area contributed by atoms with Crippen LogP contribution >= 0.6 is 12.4 Å². The third-order valence-corrected chi connectivity index (χ3v) is 2.80. The topological polar surface area (TPSA) is 56.9 Å². The number of rotatable bonds is 2. The van der Waals surface area contributed by atoms with Crippen molar-refractivity contribution in [2.24, 2.45) is 0 Å². The summed E-state index contributed by atoms with van der Waals surface area (Å²) in [5, 5.41) is 6.40. The number of carbonyl (C=O) groups is 1. The van der Waals surface area contributed by atoms with E-state index in [0.717, 1.165) is 19.4 Å². The number of H-pyrrole nitrogens is 1. The number of aromatic amines is 1. The molecule has 0 aliphatic carbocycles. The van der Waals surface area contributed by atoms with Gasteiger partial charge in [-0.3, -0.25) is 4.79 Å². The molecule has 1 aromatic heterocycles. The van der Waals surface area contributed by atoms with Crippen LogP contribution in [-0.4, -0.2) is 29.5 Å². The molecule has 1 fully saturated rings. The second-order valence-corrected chi connectivity index (χ2v) is 4.13. The van der Waals surface area contributed by atoms with E-state index in [1.807, 2.05) is 6.07 Å². The number of halogens is 1. The minimum atomic E-state index is -0.000833. The van der Waals surface area contributed by atoms with E-state index in [2.05, 4.69) is 22.5 Å². The number of hydrogen-bond acceptors (Lipinski definition) is 2. The molecule has 0 aromatic carbocycles. The summed E-state index contributed by atoms with van der Waals surface area (Å²) >= 11 is 0. The average molecular weight is 244 g/mol. The summed E-state index contributed by atoms with van der Waals surface area (Å²) in [6.07, 6.45) is 3.78. The highest BCUT2D eigenvalue weighted by Gasteiger charge is 2.20. The molecule has 3 N–H and O–H groups in total. The molecule has 1 amide bonds. The summed E-state index contributed by atoms with van der Waals surface area (Å²) in [6.45, 7) is 3.13. The Labute approximate surface area is 102 Å². The van der Waals surface area contributed by atoms with Gasteiger partial charge in [0.25, 0.3) is 5.91 Å². The first-order chi connectivity index (χ1) is 7.25. The first-order valence-electron chi connectivity index (χ1n) is 5.43. The molecule has 0 radical (unpaired) electrons. The summed E-state index contributed by atoms with van der Waals surface area (Å²) in [7, 11) is 0. The van der Waals surface area contributed by atoms with Gasteiger partial charge in [-0.25, -0.2) is 0 Å². The van der Waals surface area contributed by atoms with Gasteiger partial charge in [-0.1, -0.05) is 0 Å². The summed E-state index contributed by atoms with van der Waals surface area (Å²) < 4.78 is 0. The first-order valence-corrected chi connectivity index (χ1v) is 5.43. The van der Waals surface area contributed by atoms with Gasteiger partial charge in [-0.15, -0.1) is 12.4 Å². The van der Waals surface area contributed by atoms with Crippen molar-refractivity contribution in [3.05, 3.63) is 24.0 Å². The van der Waals surface area contributed by atoms with E-state index in [-0.39, 0.29) is 18.3 Å². The molecule has 0 bridgehead atoms. The van der Waals surface area contributed by atoms with Crippen LogP contribution in [0.25, 0.3) is 0 Å². The largest absolute Gasteiger partial charge is 0.357 e. The molecule has 1 aromatic rings. The molecule has 1 aliphatic rings. The van der Waals surface area contributed by atoms with Gasteiger partial charge in [0.1, 0.15) is 5.69 Å². The number of nitrogens with one attached hydrogen (secondary N) is 3. The van der Waals surface area contributed by atoms with E-state index in [0.29, 0.717) is 17.8 Å². The monoisotopic (exact) mass is 243 g/mol. The Balaban J connectivity index is 0.00000128. The number of hydrogen-bond donors (Lipinski definition) is 3. The van der Waals surface area contributed by atoms with Gasteiger partial charge in [-0.05, 0) is 38.4 Å². The molecule has 0 saturated carbocycles. The zero-order chi connectivity index (χ0) is 10.7.